The van der Waals surface area contributed by atoms with Gasteiger partial charge in [-0.2, -0.15) is 0 Å². The predicted molar refractivity (Wildman–Crippen MR) is 80.2 cm³/mol. The minimum atomic E-state index is -0.174. The Balaban J connectivity index is 1.46. The van der Waals surface area contributed by atoms with Gasteiger partial charge in [0.05, 0.1) is 0 Å². The minimum Gasteiger partial charge on any atom is -0.369 e. The molecule has 0 saturated heterocycles. The number of halogens is 1. The van der Waals surface area contributed by atoms with Crippen molar-refractivity contribution in [3.8, 4) is 0 Å². The maximum absolute atomic E-state index is 12.9. The maximum atomic E-state index is 12.9. The highest BCUT2D eigenvalue weighted by Crippen LogP contribution is 2.38. The molecule has 0 aromatic heterocycles. The zero-order valence-electron chi connectivity index (χ0n) is 12.2. The molecule has 114 valence electrons. The first kappa shape index (κ1) is 14.5. The second kappa shape index (κ2) is 6.14. The van der Waals surface area contributed by atoms with E-state index in [2.05, 4.69) is 5.32 Å². The van der Waals surface area contributed by atoms with E-state index >= 15 is 0 Å². The largest absolute Gasteiger partial charge is 0.369 e. The highest BCUT2D eigenvalue weighted by molar-refractivity contribution is 5.76. The number of carbonyl (C=O) groups is 1. The molecule has 1 amide bonds. The Morgan fingerprint density at radius 1 is 1.10 bits per heavy atom. The summed E-state index contributed by atoms with van der Waals surface area (Å²) in [5, 5.41) is 3.67. The molecule has 1 aromatic carbocycles. The van der Waals surface area contributed by atoms with Gasteiger partial charge in [-0.1, -0.05) is 18.6 Å². The van der Waals surface area contributed by atoms with Crippen LogP contribution >= 0.6 is 0 Å². The number of nitrogens with two attached hydrogens (primary N) is 1. The van der Waals surface area contributed by atoms with Crippen molar-refractivity contribution in [1.82, 2.24) is 5.32 Å². The summed E-state index contributed by atoms with van der Waals surface area (Å²) in [6, 6.07) is 7.80. The molecule has 3 nitrogen and oxygen atoms in total. The monoisotopic (exact) mass is 290 g/mol. The molecule has 2 aliphatic rings. The summed E-state index contributed by atoms with van der Waals surface area (Å²) >= 11 is 0. The van der Waals surface area contributed by atoms with E-state index < -0.39 is 0 Å². The van der Waals surface area contributed by atoms with Gasteiger partial charge >= 0.3 is 0 Å². The number of primary amides is 1. The molecule has 2 fully saturated rings. The van der Waals surface area contributed by atoms with Crippen molar-refractivity contribution in [2.75, 3.05) is 0 Å². The van der Waals surface area contributed by atoms with Gasteiger partial charge in [0, 0.05) is 18.0 Å². The van der Waals surface area contributed by atoms with E-state index in [4.69, 9.17) is 5.73 Å². The van der Waals surface area contributed by atoms with Gasteiger partial charge in [0.2, 0.25) is 5.91 Å². The van der Waals surface area contributed by atoms with Crippen LogP contribution in [0.5, 0.6) is 0 Å². The molecule has 3 N–H and O–H groups in total. The fourth-order valence-corrected chi connectivity index (χ4v) is 3.69. The van der Waals surface area contributed by atoms with Crippen molar-refractivity contribution in [2.45, 2.75) is 56.5 Å². The van der Waals surface area contributed by atoms with E-state index in [1.165, 1.54) is 17.7 Å². The van der Waals surface area contributed by atoms with Crippen molar-refractivity contribution in [1.29, 1.82) is 0 Å². The van der Waals surface area contributed by atoms with Crippen LogP contribution in [0.4, 0.5) is 4.39 Å². The molecule has 0 unspecified atom stereocenters. The molecule has 3 rings (SSSR count). The molecule has 0 bridgehead atoms. The Hall–Kier alpha value is -1.42. The molecule has 2 aliphatic carbocycles. The average molecular weight is 290 g/mol. The first-order chi connectivity index (χ1) is 10.1. The lowest BCUT2D eigenvalue weighted by molar-refractivity contribution is -0.123. The van der Waals surface area contributed by atoms with Crippen LogP contribution in [0, 0.1) is 11.7 Å². The molecule has 2 saturated carbocycles. The average Bonchev–Trinajstić information content (AvgIpc) is 2.44. The van der Waals surface area contributed by atoms with Gasteiger partial charge in [-0.05, 0) is 55.7 Å². The molecule has 0 heterocycles. The van der Waals surface area contributed by atoms with E-state index in [-0.39, 0.29) is 17.6 Å². The minimum absolute atomic E-state index is 0.0456. The number of hydrogen-bond donors (Lipinski definition) is 2. The Bertz CT molecular complexity index is 496. The lowest BCUT2D eigenvalue weighted by atomic mass is 9.75. The highest BCUT2D eigenvalue weighted by atomic mass is 19.1. The summed E-state index contributed by atoms with van der Waals surface area (Å²) in [4.78, 5) is 11.3. The molecule has 0 aliphatic heterocycles. The third-order valence-corrected chi connectivity index (χ3v) is 5.03. The smallest absolute Gasteiger partial charge is 0.220 e. The highest BCUT2D eigenvalue weighted by Gasteiger charge is 2.33. The Morgan fingerprint density at radius 3 is 2.48 bits per heavy atom. The summed E-state index contributed by atoms with van der Waals surface area (Å²) in [5.41, 5.74) is 6.65. The predicted octanol–water partition coefficient (Wildman–Crippen LogP) is 2.71. The van der Waals surface area contributed by atoms with Crippen LogP contribution in [0.15, 0.2) is 24.3 Å². The number of amides is 1. The van der Waals surface area contributed by atoms with Gasteiger partial charge in [-0.3, -0.25) is 4.79 Å². The third kappa shape index (κ3) is 3.43. The lowest BCUT2D eigenvalue weighted by Crippen LogP contribution is -2.48. The van der Waals surface area contributed by atoms with Crippen molar-refractivity contribution < 1.29 is 9.18 Å². The standard InChI is InChI=1S/C17H23FN2O/c18-14-6-4-11(5-7-14)13-9-16(10-13)20-15-3-1-2-12(8-15)17(19)21/h4-7,12-13,15-16,20H,1-3,8-10H2,(H2,19,21)/t12-,13?,15+,16?/m0/s1. The summed E-state index contributed by atoms with van der Waals surface area (Å²) in [5.74, 6) is 0.259. The van der Waals surface area contributed by atoms with Crippen LogP contribution in [0.3, 0.4) is 0 Å². The Kier molecular flexibility index (Phi) is 4.24. The number of hydrogen-bond acceptors (Lipinski definition) is 2. The summed E-state index contributed by atoms with van der Waals surface area (Å²) in [6.45, 7) is 0. The van der Waals surface area contributed by atoms with Crippen LogP contribution in [0.2, 0.25) is 0 Å². The quantitative estimate of drug-likeness (QED) is 0.896. The first-order valence-corrected chi connectivity index (χ1v) is 7.92. The number of benzene rings is 1. The SMILES string of the molecule is NC(=O)[C@H]1CCC[C@@H](NC2CC(c3ccc(F)cc3)C2)C1. The van der Waals surface area contributed by atoms with Gasteiger partial charge in [0.25, 0.3) is 0 Å². The van der Waals surface area contributed by atoms with Crippen LogP contribution in [-0.4, -0.2) is 18.0 Å². The molecular formula is C17H23FN2O. The second-order valence-electron chi connectivity index (χ2n) is 6.55. The molecule has 21 heavy (non-hydrogen) atoms. The molecule has 0 spiro atoms. The fourth-order valence-electron chi connectivity index (χ4n) is 3.69. The zero-order chi connectivity index (χ0) is 14.8. The third-order valence-electron chi connectivity index (χ3n) is 5.03. The number of nitrogens with one attached hydrogen (secondary N) is 1. The number of rotatable bonds is 4. The number of carbonyl (C=O) groups excluding carboxylic acids is 1. The fraction of sp³-hybridized carbons (Fsp3) is 0.588. The van der Waals surface area contributed by atoms with E-state index in [0.29, 0.717) is 18.0 Å². The van der Waals surface area contributed by atoms with Gasteiger partial charge in [-0.15, -0.1) is 0 Å². The van der Waals surface area contributed by atoms with Gasteiger partial charge in [-0.25, -0.2) is 4.39 Å². The van der Waals surface area contributed by atoms with Crippen molar-refractivity contribution in [2.24, 2.45) is 11.7 Å². The normalized spacial score (nSPS) is 32.4. The maximum Gasteiger partial charge on any atom is 0.220 e. The summed E-state index contributed by atoms with van der Waals surface area (Å²) < 4.78 is 12.9. The van der Waals surface area contributed by atoms with Crippen LogP contribution in [0.25, 0.3) is 0 Å². The van der Waals surface area contributed by atoms with E-state index in [9.17, 15) is 9.18 Å². The summed E-state index contributed by atoms with van der Waals surface area (Å²) in [6.07, 6.45) is 6.25. The van der Waals surface area contributed by atoms with Crippen LogP contribution < -0.4 is 11.1 Å². The molecule has 2 atom stereocenters. The second-order valence-corrected chi connectivity index (χ2v) is 6.55. The lowest BCUT2D eigenvalue weighted by Gasteiger charge is -2.40. The molecule has 4 heteroatoms. The first-order valence-electron chi connectivity index (χ1n) is 7.92. The van der Waals surface area contributed by atoms with E-state index in [1.54, 1.807) is 0 Å². The van der Waals surface area contributed by atoms with Gasteiger partial charge in [0.15, 0.2) is 0 Å². The Morgan fingerprint density at radius 2 is 1.81 bits per heavy atom. The molecule has 1 aromatic rings. The van der Waals surface area contributed by atoms with E-state index in [1.807, 2.05) is 12.1 Å². The summed E-state index contributed by atoms with van der Waals surface area (Å²) in [7, 11) is 0. The van der Waals surface area contributed by atoms with E-state index in [0.717, 1.165) is 38.5 Å². The van der Waals surface area contributed by atoms with Crippen molar-refractivity contribution in [3.63, 3.8) is 0 Å². The molecular weight excluding hydrogens is 267 g/mol. The van der Waals surface area contributed by atoms with Crippen LogP contribution in [-0.2, 0) is 4.79 Å². The van der Waals surface area contributed by atoms with Crippen molar-refractivity contribution >= 4 is 5.91 Å². The van der Waals surface area contributed by atoms with Crippen molar-refractivity contribution in [3.05, 3.63) is 35.6 Å². The molecule has 0 radical (unpaired) electrons. The zero-order valence-corrected chi connectivity index (χ0v) is 12.2. The van der Waals surface area contributed by atoms with Gasteiger partial charge < -0.3 is 11.1 Å². The van der Waals surface area contributed by atoms with Crippen LogP contribution in [0.1, 0.15) is 50.0 Å². The topological polar surface area (TPSA) is 55.1 Å². The Labute approximate surface area is 125 Å². The van der Waals surface area contributed by atoms with Gasteiger partial charge in [0.1, 0.15) is 5.82 Å².